The lowest BCUT2D eigenvalue weighted by atomic mass is 9.96. The van der Waals surface area contributed by atoms with Crippen molar-refractivity contribution in [3.05, 3.63) is 99.3 Å². The van der Waals surface area contributed by atoms with Crippen LogP contribution in [0.15, 0.2) is 71.1 Å². The summed E-state index contributed by atoms with van der Waals surface area (Å²) in [6, 6.07) is 16.8. The number of hydrogen-bond donors (Lipinski definition) is 0. The molecule has 5 nitrogen and oxygen atoms in total. The number of benzene rings is 2. The number of anilines is 1. The predicted molar refractivity (Wildman–Crippen MR) is 167 cm³/mol. The summed E-state index contributed by atoms with van der Waals surface area (Å²) in [5.41, 5.74) is 5.26. The molecule has 0 saturated carbocycles. The maximum Gasteiger partial charge on any atom is 0.236 e. The molecule has 1 aliphatic rings. The van der Waals surface area contributed by atoms with E-state index in [0.717, 1.165) is 41.1 Å². The molecule has 0 bridgehead atoms. The van der Waals surface area contributed by atoms with Crippen molar-refractivity contribution >= 4 is 23.9 Å². The van der Waals surface area contributed by atoms with Crippen LogP contribution in [-0.2, 0) is 4.74 Å². The topological polar surface area (TPSA) is 49.9 Å². The van der Waals surface area contributed by atoms with Crippen molar-refractivity contribution in [1.29, 1.82) is 5.26 Å². The molecule has 0 unspecified atom stereocenters. The molecule has 0 saturated heterocycles. The Bertz CT molecular complexity index is 1370. The molecule has 1 heterocycles. The molecule has 1 aliphatic heterocycles. The van der Waals surface area contributed by atoms with Gasteiger partial charge in [0.1, 0.15) is 17.1 Å². The standard InChI is InChI=1S/C35H41N3O2/c1-8-10-22-38(23-11-9-2)30-20-19-29(32(24-30)39-7)18-16-27-12-14-28(15-13-27)17-21-31-33(37-6)34(26(3)25-36)40-35(31,4)5/h12-21,24H,8-11,22-23H2,1-5,7H3/b18-16+,21-17+,34-26+. The smallest absolute Gasteiger partial charge is 0.236 e. The molecule has 40 heavy (non-hydrogen) atoms. The van der Waals surface area contributed by atoms with Gasteiger partial charge in [0.25, 0.3) is 0 Å². The van der Waals surface area contributed by atoms with E-state index in [2.05, 4.69) is 72.1 Å². The van der Waals surface area contributed by atoms with Gasteiger partial charge >= 0.3 is 0 Å². The first kappa shape index (κ1) is 30.3. The third-order valence-corrected chi connectivity index (χ3v) is 7.08. The number of nitriles is 1. The Hall–Kier alpha value is -4.22. The van der Waals surface area contributed by atoms with Gasteiger partial charge in [-0.25, -0.2) is 4.85 Å². The first-order chi connectivity index (χ1) is 19.3. The molecule has 0 aromatic heterocycles. The molecule has 0 fully saturated rings. The second-order valence-electron chi connectivity index (χ2n) is 10.5. The van der Waals surface area contributed by atoms with Crippen molar-refractivity contribution < 1.29 is 9.47 Å². The molecule has 208 valence electrons. The Labute approximate surface area is 240 Å². The van der Waals surface area contributed by atoms with Gasteiger partial charge in [-0.2, -0.15) is 5.26 Å². The summed E-state index contributed by atoms with van der Waals surface area (Å²) in [5, 5.41) is 9.29. The third kappa shape index (κ3) is 7.45. The van der Waals surface area contributed by atoms with Crippen LogP contribution in [0.1, 0.15) is 77.0 Å². The van der Waals surface area contributed by atoms with E-state index in [-0.39, 0.29) is 0 Å². The van der Waals surface area contributed by atoms with Crippen LogP contribution in [-0.4, -0.2) is 25.8 Å². The van der Waals surface area contributed by atoms with Gasteiger partial charge in [0.2, 0.25) is 5.70 Å². The number of methoxy groups -OCH3 is 1. The highest BCUT2D eigenvalue weighted by atomic mass is 16.5. The summed E-state index contributed by atoms with van der Waals surface area (Å²) in [5.74, 6) is 1.25. The molecule has 2 aromatic carbocycles. The molecular formula is C35H41N3O2. The predicted octanol–water partition coefficient (Wildman–Crippen LogP) is 9.07. The zero-order chi connectivity index (χ0) is 29.1. The van der Waals surface area contributed by atoms with Gasteiger partial charge in [-0.05, 0) is 56.9 Å². The van der Waals surface area contributed by atoms with Crippen LogP contribution in [0.25, 0.3) is 23.1 Å². The number of allylic oxidation sites excluding steroid dienone is 1. The van der Waals surface area contributed by atoms with Gasteiger partial charge in [0, 0.05) is 36.0 Å². The summed E-state index contributed by atoms with van der Waals surface area (Å²) in [6.45, 7) is 19.7. The minimum atomic E-state index is -0.676. The fourth-order valence-electron chi connectivity index (χ4n) is 4.65. The lowest BCUT2D eigenvalue weighted by molar-refractivity contribution is 0.0948. The summed E-state index contributed by atoms with van der Waals surface area (Å²) in [4.78, 5) is 6.14. The van der Waals surface area contributed by atoms with E-state index in [9.17, 15) is 5.26 Å². The first-order valence-electron chi connectivity index (χ1n) is 14.1. The Morgan fingerprint density at radius 3 is 2.12 bits per heavy atom. The maximum absolute atomic E-state index is 9.29. The molecule has 0 aliphatic carbocycles. The number of rotatable bonds is 12. The van der Waals surface area contributed by atoms with Crippen LogP contribution in [0.2, 0.25) is 0 Å². The van der Waals surface area contributed by atoms with Gasteiger partial charge in [0.05, 0.1) is 25.3 Å². The van der Waals surface area contributed by atoms with Crippen LogP contribution in [0, 0.1) is 17.9 Å². The highest BCUT2D eigenvalue weighted by molar-refractivity contribution is 5.75. The highest BCUT2D eigenvalue weighted by Gasteiger charge is 2.37. The van der Waals surface area contributed by atoms with Crippen molar-refractivity contribution in [1.82, 2.24) is 0 Å². The largest absolute Gasteiger partial charge is 0.496 e. The highest BCUT2D eigenvalue weighted by Crippen LogP contribution is 2.41. The molecular weight excluding hydrogens is 494 g/mol. The molecule has 3 rings (SSSR count). The van der Waals surface area contributed by atoms with E-state index < -0.39 is 5.60 Å². The van der Waals surface area contributed by atoms with E-state index >= 15 is 0 Å². The Morgan fingerprint density at radius 1 is 1.00 bits per heavy atom. The van der Waals surface area contributed by atoms with Crippen molar-refractivity contribution in [2.45, 2.75) is 65.9 Å². The van der Waals surface area contributed by atoms with Gasteiger partial charge in [-0.3, -0.25) is 0 Å². The van der Waals surface area contributed by atoms with Crippen molar-refractivity contribution in [2.24, 2.45) is 0 Å². The fraction of sp³-hybridized carbons (Fsp3) is 0.371. The SMILES string of the molecule is [C-]#[N+]C1=C(/C=C/c2ccc(/C=C/c3ccc(N(CCCC)CCCC)cc3OC)cc2)C(C)(C)O/C1=C(\C)C#N. The maximum atomic E-state index is 9.29. The lowest BCUT2D eigenvalue weighted by Crippen LogP contribution is -2.25. The van der Waals surface area contributed by atoms with Gasteiger partial charge in [-0.1, -0.05) is 75.3 Å². The van der Waals surface area contributed by atoms with Crippen molar-refractivity contribution in [3.63, 3.8) is 0 Å². The molecule has 0 amide bonds. The van der Waals surface area contributed by atoms with Crippen LogP contribution in [0.3, 0.4) is 0 Å². The normalized spacial score (nSPS) is 15.7. The van der Waals surface area contributed by atoms with Gasteiger partial charge < -0.3 is 14.4 Å². The molecule has 0 N–H and O–H groups in total. The zero-order valence-corrected chi connectivity index (χ0v) is 24.8. The van der Waals surface area contributed by atoms with E-state index in [0.29, 0.717) is 17.0 Å². The number of nitrogens with zero attached hydrogens (tertiary/aromatic N) is 3. The monoisotopic (exact) mass is 535 g/mol. The summed E-state index contributed by atoms with van der Waals surface area (Å²) < 4.78 is 11.7. The van der Waals surface area contributed by atoms with Crippen molar-refractivity contribution in [3.8, 4) is 11.8 Å². The van der Waals surface area contributed by atoms with Crippen molar-refractivity contribution in [2.75, 3.05) is 25.1 Å². The van der Waals surface area contributed by atoms with E-state index in [1.807, 2.05) is 38.1 Å². The number of ether oxygens (including phenoxy) is 2. The third-order valence-electron chi connectivity index (χ3n) is 7.08. The van der Waals surface area contributed by atoms with Gasteiger partial charge in [-0.15, -0.1) is 0 Å². The minimum absolute atomic E-state index is 0.376. The molecule has 2 aromatic rings. The second kappa shape index (κ2) is 14.2. The summed E-state index contributed by atoms with van der Waals surface area (Å²) in [6.07, 6.45) is 12.8. The van der Waals surface area contributed by atoms with E-state index in [4.69, 9.17) is 16.0 Å². The second-order valence-corrected chi connectivity index (χ2v) is 10.5. The van der Waals surface area contributed by atoms with E-state index in [1.54, 1.807) is 14.0 Å². The van der Waals surface area contributed by atoms with Crippen LogP contribution in [0.5, 0.6) is 5.75 Å². The Morgan fingerprint density at radius 2 is 1.60 bits per heavy atom. The lowest BCUT2D eigenvalue weighted by Gasteiger charge is -2.25. The number of unbranched alkanes of at least 4 members (excludes halogenated alkanes) is 2. The summed E-state index contributed by atoms with van der Waals surface area (Å²) >= 11 is 0. The quantitative estimate of drug-likeness (QED) is 0.154. The van der Waals surface area contributed by atoms with E-state index in [1.165, 1.54) is 31.4 Å². The average molecular weight is 536 g/mol. The minimum Gasteiger partial charge on any atom is -0.496 e. The molecule has 5 heteroatoms. The molecule has 0 atom stereocenters. The Kier molecular flexibility index (Phi) is 10.8. The van der Waals surface area contributed by atoms with Crippen LogP contribution in [0.4, 0.5) is 5.69 Å². The molecule has 0 spiro atoms. The number of hydrogen-bond acceptors (Lipinski definition) is 4. The fourth-order valence-corrected chi connectivity index (χ4v) is 4.65. The zero-order valence-electron chi connectivity index (χ0n) is 24.8. The van der Waals surface area contributed by atoms with Gasteiger partial charge in [0.15, 0.2) is 0 Å². The van der Waals surface area contributed by atoms with Crippen LogP contribution >= 0.6 is 0 Å². The average Bonchev–Trinajstić information content (AvgIpc) is 3.24. The first-order valence-corrected chi connectivity index (χ1v) is 14.1. The van der Waals surface area contributed by atoms with Crippen LogP contribution < -0.4 is 9.64 Å². The molecule has 0 radical (unpaired) electrons. The Balaban J connectivity index is 1.78. The summed E-state index contributed by atoms with van der Waals surface area (Å²) in [7, 11) is 1.73.